The van der Waals surface area contributed by atoms with Gasteiger partial charge in [0.2, 0.25) is 5.88 Å². The minimum Gasteiger partial charge on any atom is -0.404 e. The molecule has 0 spiro atoms. The number of esters is 1. The van der Waals surface area contributed by atoms with Crippen molar-refractivity contribution in [2.24, 2.45) is 0 Å². The van der Waals surface area contributed by atoms with E-state index in [0.717, 1.165) is 29.3 Å². The van der Waals surface area contributed by atoms with Gasteiger partial charge in [-0.15, -0.1) is 0 Å². The first-order valence-corrected chi connectivity index (χ1v) is 9.43. The lowest BCUT2D eigenvalue weighted by Gasteiger charge is -2.16. The number of nitrogens with zero attached hydrogens (tertiary/aromatic N) is 4. The number of halogens is 1. The van der Waals surface area contributed by atoms with Gasteiger partial charge < -0.3 is 4.74 Å². The molecule has 1 unspecified atom stereocenters. The van der Waals surface area contributed by atoms with Gasteiger partial charge in [0.05, 0.1) is 33.2 Å². The average molecular weight is 445 g/mol. The number of carbonyl (C=O) groups excluding carboxylic acids is 1. The van der Waals surface area contributed by atoms with Gasteiger partial charge in [0.15, 0.2) is 0 Å². The van der Waals surface area contributed by atoms with Gasteiger partial charge in [-0.3, -0.25) is 20.2 Å². The monoisotopic (exact) mass is 444 g/mol. The summed E-state index contributed by atoms with van der Waals surface area (Å²) in [5, 5.41) is 27.1. The van der Waals surface area contributed by atoms with Crippen LogP contribution in [-0.2, 0) is 0 Å². The van der Waals surface area contributed by atoms with Crippen LogP contribution in [0.5, 0.6) is 5.88 Å². The lowest BCUT2D eigenvalue weighted by molar-refractivity contribution is -0.394. The van der Waals surface area contributed by atoms with Gasteiger partial charge in [-0.25, -0.2) is 9.48 Å². The largest absolute Gasteiger partial charge is 0.404 e. The molecule has 1 aromatic heterocycles. The minimum absolute atomic E-state index is 0.0942. The quantitative estimate of drug-likeness (QED) is 0.303. The van der Waals surface area contributed by atoms with Gasteiger partial charge >= 0.3 is 5.97 Å². The lowest BCUT2D eigenvalue weighted by Crippen LogP contribution is -2.16. The molecular formula is C20H17ClN4O6. The van der Waals surface area contributed by atoms with E-state index < -0.39 is 27.2 Å². The molecule has 2 aromatic carbocycles. The van der Waals surface area contributed by atoms with E-state index in [1.54, 1.807) is 13.0 Å². The van der Waals surface area contributed by atoms with Crippen molar-refractivity contribution in [1.82, 2.24) is 9.78 Å². The lowest BCUT2D eigenvalue weighted by atomic mass is 10.1. The van der Waals surface area contributed by atoms with Crippen molar-refractivity contribution in [2.45, 2.75) is 26.8 Å². The zero-order chi connectivity index (χ0) is 22.9. The maximum absolute atomic E-state index is 12.7. The van der Waals surface area contributed by atoms with Crippen molar-refractivity contribution in [3.05, 3.63) is 90.1 Å². The van der Waals surface area contributed by atoms with Crippen LogP contribution in [0.2, 0.25) is 5.02 Å². The SMILES string of the molecule is Cc1cc(OC(=O)c2cc([N+](=O)[O-])cc([N+](=O)[O-])c2)n(C(C)c2ccc(Cl)c(C)c2)n1. The van der Waals surface area contributed by atoms with Gasteiger partial charge in [0.25, 0.3) is 11.4 Å². The molecular weight excluding hydrogens is 428 g/mol. The summed E-state index contributed by atoms with van der Waals surface area (Å²) in [7, 11) is 0. The third-order valence-corrected chi connectivity index (χ3v) is 5.04. The molecule has 0 N–H and O–H groups in total. The van der Waals surface area contributed by atoms with Gasteiger partial charge in [-0.1, -0.05) is 23.7 Å². The van der Waals surface area contributed by atoms with Gasteiger partial charge in [-0.2, -0.15) is 5.10 Å². The van der Waals surface area contributed by atoms with Crippen LogP contribution in [0, 0.1) is 34.1 Å². The van der Waals surface area contributed by atoms with Crippen LogP contribution in [0.3, 0.4) is 0 Å². The molecule has 0 fully saturated rings. The molecule has 10 nitrogen and oxygen atoms in total. The molecule has 0 aliphatic carbocycles. The first-order valence-electron chi connectivity index (χ1n) is 9.05. The molecule has 11 heteroatoms. The van der Waals surface area contributed by atoms with E-state index in [9.17, 15) is 25.0 Å². The Balaban J connectivity index is 1.95. The highest BCUT2D eigenvalue weighted by atomic mass is 35.5. The summed E-state index contributed by atoms with van der Waals surface area (Å²) in [4.78, 5) is 33.2. The molecule has 1 heterocycles. The number of hydrogen-bond acceptors (Lipinski definition) is 7. The summed E-state index contributed by atoms with van der Waals surface area (Å²) >= 11 is 6.09. The van der Waals surface area contributed by atoms with Crippen molar-refractivity contribution in [3.8, 4) is 5.88 Å². The number of aromatic nitrogens is 2. The number of nitro benzene ring substituents is 2. The molecule has 3 aromatic rings. The standard InChI is InChI=1S/C20H17ClN4O6/c1-11-6-14(4-5-18(11)21)13(3)23-19(7-12(2)22-23)31-20(26)15-8-16(24(27)28)10-17(9-15)25(29)30/h4-10,13H,1-3H3. The van der Waals surface area contributed by atoms with Crippen LogP contribution in [-0.4, -0.2) is 25.6 Å². The van der Waals surface area contributed by atoms with Gasteiger partial charge in [0.1, 0.15) is 0 Å². The first kappa shape index (κ1) is 21.9. The number of aryl methyl sites for hydroxylation is 2. The molecule has 3 rings (SSSR count). The highest BCUT2D eigenvalue weighted by Gasteiger charge is 2.23. The zero-order valence-corrected chi connectivity index (χ0v) is 17.5. The first-order chi connectivity index (χ1) is 14.6. The number of nitro groups is 2. The van der Waals surface area contributed by atoms with Crippen LogP contribution in [0.15, 0.2) is 42.5 Å². The summed E-state index contributed by atoms with van der Waals surface area (Å²) in [6, 6.07) is 9.30. The maximum Gasteiger partial charge on any atom is 0.345 e. The van der Waals surface area contributed by atoms with Gasteiger partial charge in [-0.05, 0) is 38.0 Å². The van der Waals surface area contributed by atoms with E-state index in [2.05, 4.69) is 5.10 Å². The summed E-state index contributed by atoms with van der Waals surface area (Å²) in [5.41, 5.74) is 0.823. The Bertz CT molecular complexity index is 1170. The Kier molecular flexibility index (Phi) is 6.02. The summed E-state index contributed by atoms with van der Waals surface area (Å²) < 4.78 is 6.90. The molecule has 31 heavy (non-hydrogen) atoms. The van der Waals surface area contributed by atoms with E-state index >= 15 is 0 Å². The Labute approximate surface area is 181 Å². The summed E-state index contributed by atoms with van der Waals surface area (Å²) in [6.45, 7) is 5.43. The molecule has 0 amide bonds. The fraction of sp³-hybridized carbons (Fsp3) is 0.200. The average Bonchev–Trinajstić information content (AvgIpc) is 3.08. The molecule has 0 aliphatic rings. The number of rotatable bonds is 6. The number of ether oxygens (including phenoxy) is 1. The van der Waals surface area contributed by atoms with Crippen LogP contribution < -0.4 is 4.74 Å². The maximum atomic E-state index is 12.7. The molecule has 160 valence electrons. The minimum atomic E-state index is -0.979. The van der Waals surface area contributed by atoms with Crippen LogP contribution in [0.4, 0.5) is 11.4 Å². The second-order valence-electron chi connectivity index (χ2n) is 6.89. The number of hydrogen-bond donors (Lipinski definition) is 0. The molecule has 0 aliphatic heterocycles. The van der Waals surface area contributed by atoms with Crippen LogP contribution >= 0.6 is 11.6 Å². The molecule has 0 bridgehead atoms. The molecule has 0 saturated carbocycles. The van der Waals surface area contributed by atoms with E-state index in [1.807, 2.05) is 26.0 Å². The van der Waals surface area contributed by atoms with E-state index in [0.29, 0.717) is 10.7 Å². The van der Waals surface area contributed by atoms with Crippen molar-refractivity contribution in [3.63, 3.8) is 0 Å². The Morgan fingerprint density at radius 1 is 1.06 bits per heavy atom. The fourth-order valence-corrected chi connectivity index (χ4v) is 3.11. The van der Waals surface area contributed by atoms with Crippen LogP contribution in [0.25, 0.3) is 0 Å². The van der Waals surface area contributed by atoms with Crippen LogP contribution in [0.1, 0.15) is 40.1 Å². The molecule has 1 atom stereocenters. The normalized spacial score (nSPS) is 11.7. The third-order valence-electron chi connectivity index (χ3n) is 4.61. The summed E-state index contributed by atoms with van der Waals surface area (Å²) in [6.07, 6.45) is 0. The predicted octanol–water partition coefficient (Wildman–Crippen LogP) is 4.80. The van der Waals surface area contributed by atoms with Crippen molar-refractivity contribution < 1.29 is 19.4 Å². The zero-order valence-electron chi connectivity index (χ0n) is 16.7. The summed E-state index contributed by atoms with van der Waals surface area (Å²) in [5.74, 6) is -0.885. The predicted molar refractivity (Wildman–Crippen MR) is 112 cm³/mol. The smallest absolute Gasteiger partial charge is 0.345 e. The Hall–Kier alpha value is -3.79. The van der Waals surface area contributed by atoms with E-state index in [-0.39, 0.29) is 17.5 Å². The second kappa shape index (κ2) is 8.52. The highest BCUT2D eigenvalue weighted by Crippen LogP contribution is 2.29. The number of non-ortho nitro benzene ring substituents is 2. The van der Waals surface area contributed by atoms with Gasteiger partial charge in [0, 0.05) is 23.2 Å². The van der Waals surface area contributed by atoms with Crippen molar-refractivity contribution >= 4 is 28.9 Å². The van der Waals surface area contributed by atoms with Crippen molar-refractivity contribution in [1.29, 1.82) is 0 Å². The molecule has 0 radical (unpaired) electrons. The number of benzene rings is 2. The van der Waals surface area contributed by atoms with E-state index in [1.165, 1.54) is 10.7 Å². The Morgan fingerprint density at radius 2 is 1.68 bits per heavy atom. The third kappa shape index (κ3) is 4.69. The highest BCUT2D eigenvalue weighted by molar-refractivity contribution is 6.31. The second-order valence-corrected chi connectivity index (χ2v) is 7.30. The Morgan fingerprint density at radius 3 is 2.23 bits per heavy atom. The number of carbonyl (C=O) groups is 1. The van der Waals surface area contributed by atoms with Crippen molar-refractivity contribution in [2.75, 3.05) is 0 Å². The molecule has 0 saturated heterocycles. The fourth-order valence-electron chi connectivity index (χ4n) is 2.99. The van der Waals surface area contributed by atoms with E-state index in [4.69, 9.17) is 16.3 Å². The topological polar surface area (TPSA) is 130 Å².